The van der Waals surface area contributed by atoms with Gasteiger partial charge in [0, 0.05) is 11.6 Å². The summed E-state index contributed by atoms with van der Waals surface area (Å²) in [6, 6.07) is 5.49. The molecule has 0 aliphatic carbocycles. The first kappa shape index (κ1) is 11.7. The molecule has 1 heterocycles. The van der Waals surface area contributed by atoms with E-state index in [2.05, 4.69) is 5.32 Å². The Kier molecular flexibility index (Phi) is 3.69. The number of methoxy groups -OCH3 is 1. The lowest BCUT2D eigenvalue weighted by atomic mass is 10.0. The van der Waals surface area contributed by atoms with Crippen LogP contribution in [-0.2, 0) is 0 Å². The Bertz CT molecular complexity index is 364. The fourth-order valence-electron chi connectivity index (χ4n) is 2.07. The second-order valence-corrected chi connectivity index (χ2v) is 4.44. The molecule has 0 amide bonds. The molecule has 3 nitrogen and oxygen atoms in total. The normalized spacial score (nSPS) is 22.1. The SMILES string of the molecule is COc1ccc(C(O)C2CCCN2)c(Cl)c1. The molecule has 2 N–H and O–H groups in total. The van der Waals surface area contributed by atoms with Crippen molar-refractivity contribution in [2.24, 2.45) is 0 Å². The predicted octanol–water partition coefficient (Wildman–Crippen LogP) is 2.13. The summed E-state index contributed by atoms with van der Waals surface area (Å²) < 4.78 is 5.07. The summed E-state index contributed by atoms with van der Waals surface area (Å²) in [6.45, 7) is 0.968. The van der Waals surface area contributed by atoms with Crippen molar-refractivity contribution >= 4 is 11.6 Å². The van der Waals surface area contributed by atoms with E-state index in [1.807, 2.05) is 12.1 Å². The summed E-state index contributed by atoms with van der Waals surface area (Å²) in [6.07, 6.45) is 1.56. The minimum atomic E-state index is -0.541. The van der Waals surface area contributed by atoms with Crippen LogP contribution < -0.4 is 10.1 Å². The van der Waals surface area contributed by atoms with Gasteiger partial charge in [0.2, 0.25) is 0 Å². The van der Waals surface area contributed by atoms with Crippen LogP contribution in [0.1, 0.15) is 24.5 Å². The molecule has 4 heteroatoms. The van der Waals surface area contributed by atoms with Crippen LogP contribution in [-0.4, -0.2) is 24.8 Å². The third-order valence-electron chi connectivity index (χ3n) is 3.01. The summed E-state index contributed by atoms with van der Waals surface area (Å²) in [7, 11) is 1.60. The quantitative estimate of drug-likeness (QED) is 0.852. The lowest BCUT2D eigenvalue weighted by Gasteiger charge is -2.20. The molecule has 1 saturated heterocycles. The van der Waals surface area contributed by atoms with Gasteiger partial charge in [-0.1, -0.05) is 17.7 Å². The van der Waals surface area contributed by atoms with Gasteiger partial charge < -0.3 is 15.2 Å². The minimum absolute atomic E-state index is 0.117. The van der Waals surface area contributed by atoms with Crippen molar-refractivity contribution in [2.75, 3.05) is 13.7 Å². The van der Waals surface area contributed by atoms with Gasteiger partial charge >= 0.3 is 0 Å². The van der Waals surface area contributed by atoms with Crippen molar-refractivity contribution in [1.82, 2.24) is 5.32 Å². The van der Waals surface area contributed by atoms with Crippen LogP contribution in [0.25, 0.3) is 0 Å². The first-order valence-corrected chi connectivity index (χ1v) is 5.85. The van der Waals surface area contributed by atoms with Crippen LogP contribution in [0.3, 0.4) is 0 Å². The van der Waals surface area contributed by atoms with Gasteiger partial charge in [-0.25, -0.2) is 0 Å². The van der Waals surface area contributed by atoms with E-state index in [0.29, 0.717) is 10.8 Å². The molecule has 0 saturated carbocycles. The number of hydrogen-bond acceptors (Lipinski definition) is 3. The van der Waals surface area contributed by atoms with E-state index in [9.17, 15) is 5.11 Å². The lowest BCUT2D eigenvalue weighted by Crippen LogP contribution is -2.28. The standard InChI is InChI=1S/C12H16ClNO2/c1-16-8-4-5-9(10(13)7-8)12(15)11-3-2-6-14-11/h4-5,7,11-12,14-15H,2-3,6H2,1H3. The zero-order valence-corrected chi connectivity index (χ0v) is 10.00. The number of aliphatic hydroxyl groups is 1. The average Bonchev–Trinajstić information content (AvgIpc) is 2.81. The van der Waals surface area contributed by atoms with Crippen LogP contribution >= 0.6 is 11.6 Å². The lowest BCUT2D eigenvalue weighted by molar-refractivity contribution is 0.137. The monoisotopic (exact) mass is 241 g/mol. The molecule has 88 valence electrons. The fourth-order valence-corrected chi connectivity index (χ4v) is 2.35. The van der Waals surface area contributed by atoms with Crippen molar-refractivity contribution in [3.63, 3.8) is 0 Å². The van der Waals surface area contributed by atoms with E-state index < -0.39 is 6.10 Å². The topological polar surface area (TPSA) is 41.5 Å². The highest BCUT2D eigenvalue weighted by atomic mass is 35.5. The van der Waals surface area contributed by atoms with Gasteiger partial charge in [0.05, 0.1) is 18.2 Å². The van der Waals surface area contributed by atoms with Gasteiger partial charge in [-0.15, -0.1) is 0 Å². The Morgan fingerprint density at radius 2 is 2.38 bits per heavy atom. The van der Waals surface area contributed by atoms with Gasteiger partial charge in [-0.05, 0) is 31.5 Å². The Morgan fingerprint density at radius 3 is 2.94 bits per heavy atom. The predicted molar refractivity (Wildman–Crippen MR) is 64.0 cm³/mol. The summed E-state index contributed by atoms with van der Waals surface area (Å²) >= 11 is 6.11. The summed E-state index contributed by atoms with van der Waals surface area (Å²) in [5.74, 6) is 0.709. The van der Waals surface area contributed by atoms with E-state index >= 15 is 0 Å². The van der Waals surface area contributed by atoms with Gasteiger partial charge in [0.15, 0.2) is 0 Å². The van der Waals surface area contributed by atoms with E-state index in [1.54, 1.807) is 13.2 Å². The molecule has 2 rings (SSSR count). The number of halogens is 1. The number of aliphatic hydroxyl groups excluding tert-OH is 1. The zero-order valence-electron chi connectivity index (χ0n) is 9.24. The van der Waals surface area contributed by atoms with Crippen LogP contribution in [0.4, 0.5) is 0 Å². The Labute approximate surface area is 100 Å². The van der Waals surface area contributed by atoms with Crippen molar-refractivity contribution in [3.8, 4) is 5.75 Å². The molecule has 1 aliphatic heterocycles. The molecule has 1 fully saturated rings. The molecule has 0 spiro atoms. The summed E-state index contributed by atoms with van der Waals surface area (Å²) in [5, 5.41) is 14.0. The Hall–Kier alpha value is -0.770. The number of benzene rings is 1. The first-order valence-electron chi connectivity index (χ1n) is 5.47. The minimum Gasteiger partial charge on any atom is -0.497 e. The highest BCUT2D eigenvalue weighted by Gasteiger charge is 2.25. The molecule has 2 atom stereocenters. The van der Waals surface area contributed by atoms with E-state index in [-0.39, 0.29) is 6.04 Å². The van der Waals surface area contributed by atoms with Crippen LogP contribution in [0.5, 0.6) is 5.75 Å². The average molecular weight is 242 g/mol. The second-order valence-electron chi connectivity index (χ2n) is 4.04. The van der Waals surface area contributed by atoms with Gasteiger partial charge in [0.25, 0.3) is 0 Å². The largest absolute Gasteiger partial charge is 0.497 e. The van der Waals surface area contributed by atoms with E-state index in [0.717, 1.165) is 24.9 Å². The fraction of sp³-hybridized carbons (Fsp3) is 0.500. The molecule has 0 radical (unpaired) electrons. The highest BCUT2D eigenvalue weighted by molar-refractivity contribution is 6.31. The van der Waals surface area contributed by atoms with Crippen LogP contribution in [0, 0.1) is 0 Å². The maximum Gasteiger partial charge on any atom is 0.120 e. The Balaban J connectivity index is 2.19. The summed E-state index contributed by atoms with van der Waals surface area (Å²) in [5.41, 5.74) is 0.766. The zero-order chi connectivity index (χ0) is 11.5. The van der Waals surface area contributed by atoms with Gasteiger partial charge in [-0.2, -0.15) is 0 Å². The van der Waals surface area contributed by atoms with Gasteiger partial charge in [0.1, 0.15) is 5.75 Å². The molecule has 1 aromatic carbocycles. The molecular formula is C12H16ClNO2. The summed E-state index contributed by atoms with van der Waals surface area (Å²) in [4.78, 5) is 0. The second kappa shape index (κ2) is 5.04. The van der Waals surface area contributed by atoms with Gasteiger partial charge in [-0.3, -0.25) is 0 Å². The maximum absolute atomic E-state index is 10.2. The van der Waals surface area contributed by atoms with Crippen molar-refractivity contribution in [3.05, 3.63) is 28.8 Å². The molecule has 1 aliphatic rings. The molecule has 0 aromatic heterocycles. The molecule has 0 bridgehead atoms. The Morgan fingerprint density at radius 1 is 1.56 bits per heavy atom. The van der Waals surface area contributed by atoms with Crippen molar-refractivity contribution < 1.29 is 9.84 Å². The third-order valence-corrected chi connectivity index (χ3v) is 3.33. The number of rotatable bonds is 3. The maximum atomic E-state index is 10.2. The molecular weight excluding hydrogens is 226 g/mol. The van der Waals surface area contributed by atoms with E-state index in [1.165, 1.54) is 0 Å². The van der Waals surface area contributed by atoms with Crippen LogP contribution in [0.2, 0.25) is 5.02 Å². The number of ether oxygens (including phenoxy) is 1. The molecule has 1 aromatic rings. The molecule has 16 heavy (non-hydrogen) atoms. The van der Waals surface area contributed by atoms with Crippen molar-refractivity contribution in [2.45, 2.75) is 25.0 Å². The van der Waals surface area contributed by atoms with E-state index in [4.69, 9.17) is 16.3 Å². The third kappa shape index (κ3) is 2.32. The smallest absolute Gasteiger partial charge is 0.120 e. The van der Waals surface area contributed by atoms with Crippen LogP contribution in [0.15, 0.2) is 18.2 Å². The first-order chi connectivity index (χ1) is 7.72. The number of hydrogen-bond donors (Lipinski definition) is 2. The highest BCUT2D eigenvalue weighted by Crippen LogP contribution is 2.31. The number of nitrogens with one attached hydrogen (secondary N) is 1. The molecule has 2 unspecified atom stereocenters. The van der Waals surface area contributed by atoms with Crippen molar-refractivity contribution in [1.29, 1.82) is 0 Å².